The molecule has 25 heavy (non-hydrogen) atoms. The Balaban J connectivity index is 1.74. The monoisotopic (exact) mass is 364 g/mol. The summed E-state index contributed by atoms with van der Waals surface area (Å²) >= 11 is 3.14. The third-order valence-electron chi connectivity index (χ3n) is 4.16. The molecule has 1 N–H and O–H groups in total. The molecule has 2 heterocycles. The molecule has 3 nitrogen and oxygen atoms in total. The maximum absolute atomic E-state index is 12.3. The lowest BCUT2D eigenvalue weighted by atomic mass is 9.99. The van der Waals surface area contributed by atoms with Crippen molar-refractivity contribution in [1.29, 1.82) is 0 Å². The van der Waals surface area contributed by atoms with Crippen LogP contribution in [0.25, 0.3) is 10.8 Å². The van der Waals surface area contributed by atoms with Crippen molar-refractivity contribution >= 4 is 33.9 Å². The first-order chi connectivity index (χ1) is 12.2. The summed E-state index contributed by atoms with van der Waals surface area (Å²) in [4.78, 5) is 19.9. The van der Waals surface area contributed by atoms with E-state index >= 15 is 0 Å². The second-order valence-corrected chi connectivity index (χ2v) is 8.03. The highest BCUT2D eigenvalue weighted by Crippen LogP contribution is 2.29. The zero-order chi connectivity index (χ0) is 17.2. The lowest BCUT2D eigenvalue weighted by molar-refractivity contribution is 0.860. The van der Waals surface area contributed by atoms with Gasteiger partial charge in [0.25, 0.3) is 5.56 Å². The Morgan fingerprint density at radius 2 is 1.92 bits per heavy atom. The van der Waals surface area contributed by atoms with Gasteiger partial charge in [0.15, 0.2) is 5.16 Å². The van der Waals surface area contributed by atoms with Crippen molar-refractivity contribution in [3.05, 3.63) is 87.2 Å². The molecular weight excluding hydrogens is 348 g/mol. The number of thiophene rings is 1. The maximum Gasteiger partial charge on any atom is 0.254 e. The number of hydrogen-bond donors (Lipinski definition) is 1. The Labute approximate surface area is 153 Å². The van der Waals surface area contributed by atoms with Gasteiger partial charge < -0.3 is 4.98 Å². The van der Waals surface area contributed by atoms with Crippen molar-refractivity contribution in [2.24, 2.45) is 0 Å². The first-order valence-corrected chi connectivity index (χ1v) is 9.68. The van der Waals surface area contributed by atoms with Gasteiger partial charge in [-0.25, -0.2) is 4.98 Å². The smallest absolute Gasteiger partial charge is 0.254 e. The Bertz CT molecular complexity index is 1080. The molecule has 0 saturated heterocycles. The van der Waals surface area contributed by atoms with Crippen LogP contribution >= 0.6 is 23.1 Å². The summed E-state index contributed by atoms with van der Waals surface area (Å²) in [5.74, 6) is 0. The van der Waals surface area contributed by atoms with Crippen LogP contribution in [-0.4, -0.2) is 9.97 Å². The van der Waals surface area contributed by atoms with Crippen molar-refractivity contribution in [2.45, 2.75) is 22.7 Å². The van der Waals surface area contributed by atoms with Crippen molar-refractivity contribution in [1.82, 2.24) is 9.97 Å². The summed E-state index contributed by atoms with van der Waals surface area (Å²) in [7, 11) is 0. The fraction of sp³-hybridized carbons (Fsp3) is 0.100. The van der Waals surface area contributed by atoms with Crippen LogP contribution in [-0.2, 0) is 6.42 Å². The normalized spacial score (nSPS) is 11.1. The summed E-state index contributed by atoms with van der Waals surface area (Å²) in [5.41, 5.74) is 2.64. The fourth-order valence-electron chi connectivity index (χ4n) is 2.82. The van der Waals surface area contributed by atoms with Crippen molar-refractivity contribution in [2.75, 3.05) is 0 Å². The highest BCUT2D eigenvalue weighted by atomic mass is 32.2. The molecule has 4 rings (SSSR count). The van der Waals surface area contributed by atoms with Crippen molar-refractivity contribution in [3.63, 3.8) is 0 Å². The van der Waals surface area contributed by atoms with Gasteiger partial charge in [0.05, 0.1) is 9.90 Å². The molecular formula is C20H16N2OS2. The quantitative estimate of drug-likeness (QED) is 0.516. The van der Waals surface area contributed by atoms with Crippen molar-refractivity contribution in [3.8, 4) is 0 Å². The van der Waals surface area contributed by atoms with Gasteiger partial charge in [-0.15, -0.1) is 11.3 Å². The van der Waals surface area contributed by atoms with E-state index in [2.05, 4.69) is 35.3 Å². The Morgan fingerprint density at radius 1 is 1.08 bits per heavy atom. The number of hydrogen-bond acceptors (Lipinski definition) is 4. The summed E-state index contributed by atoms with van der Waals surface area (Å²) in [6, 6.07) is 18.6. The largest absolute Gasteiger partial charge is 0.301 e. The van der Waals surface area contributed by atoms with Gasteiger partial charge in [0.1, 0.15) is 0 Å². The molecule has 4 aromatic rings. The van der Waals surface area contributed by atoms with E-state index in [-0.39, 0.29) is 5.56 Å². The number of H-pyrrole nitrogens is 1. The minimum Gasteiger partial charge on any atom is -0.301 e. The first kappa shape index (κ1) is 16.1. The van der Waals surface area contributed by atoms with Crippen LogP contribution < -0.4 is 5.56 Å². The first-order valence-electron chi connectivity index (χ1n) is 7.98. The summed E-state index contributed by atoms with van der Waals surface area (Å²) in [5, 5.41) is 5.08. The highest BCUT2D eigenvalue weighted by molar-refractivity contribution is 8.01. The van der Waals surface area contributed by atoms with E-state index < -0.39 is 0 Å². The summed E-state index contributed by atoms with van der Waals surface area (Å²) in [6.45, 7) is 1.84. The zero-order valence-electron chi connectivity index (χ0n) is 13.7. The van der Waals surface area contributed by atoms with E-state index in [0.717, 1.165) is 9.90 Å². The predicted molar refractivity (Wildman–Crippen MR) is 105 cm³/mol. The summed E-state index contributed by atoms with van der Waals surface area (Å²) < 4.78 is 1.11. The standard InChI is InChI=1S/C20H16N2OS2/c1-13-17(12-15-8-4-7-14-6-2-3-9-16(14)15)21-20(22-19(13)23)25-18-10-5-11-24-18/h2-11H,12H2,1H3,(H,21,22,23). The zero-order valence-corrected chi connectivity index (χ0v) is 15.3. The molecule has 2 aromatic carbocycles. The van der Waals surface area contributed by atoms with Crippen LogP contribution in [0.1, 0.15) is 16.8 Å². The molecule has 0 atom stereocenters. The molecule has 0 saturated carbocycles. The Hall–Kier alpha value is -2.37. The van der Waals surface area contributed by atoms with Gasteiger partial charge in [-0.3, -0.25) is 4.79 Å². The Morgan fingerprint density at radius 3 is 2.76 bits per heavy atom. The molecule has 0 amide bonds. The van der Waals surface area contributed by atoms with E-state index in [9.17, 15) is 4.79 Å². The molecule has 0 spiro atoms. The van der Waals surface area contributed by atoms with E-state index in [4.69, 9.17) is 4.98 Å². The van der Waals surface area contributed by atoms with E-state index in [1.54, 1.807) is 11.3 Å². The van der Waals surface area contributed by atoms with Gasteiger partial charge in [0.2, 0.25) is 0 Å². The predicted octanol–water partition coefficient (Wildman–Crippen LogP) is 5.04. The van der Waals surface area contributed by atoms with Crippen molar-refractivity contribution < 1.29 is 0 Å². The fourth-order valence-corrected chi connectivity index (χ4v) is 4.50. The van der Waals surface area contributed by atoms with Gasteiger partial charge in [-0.05, 0) is 46.5 Å². The second-order valence-electron chi connectivity index (χ2n) is 5.79. The van der Waals surface area contributed by atoms with E-state index in [1.807, 2.05) is 36.6 Å². The van der Waals surface area contributed by atoms with Gasteiger partial charge in [-0.2, -0.15) is 0 Å². The molecule has 0 radical (unpaired) electrons. The lowest BCUT2D eigenvalue weighted by Crippen LogP contribution is -2.16. The second kappa shape index (κ2) is 6.86. The third kappa shape index (κ3) is 3.38. The van der Waals surface area contributed by atoms with E-state index in [1.165, 1.54) is 28.1 Å². The molecule has 0 aliphatic carbocycles. The summed E-state index contributed by atoms with van der Waals surface area (Å²) in [6.07, 6.45) is 0.648. The topological polar surface area (TPSA) is 45.8 Å². The third-order valence-corrected chi connectivity index (χ3v) is 6.08. The molecule has 0 aliphatic rings. The molecule has 0 bridgehead atoms. The maximum atomic E-state index is 12.3. The number of benzene rings is 2. The van der Waals surface area contributed by atoms with Crippen LogP contribution in [0.5, 0.6) is 0 Å². The molecule has 0 fully saturated rings. The number of nitrogens with one attached hydrogen (secondary N) is 1. The van der Waals surface area contributed by atoms with Gasteiger partial charge in [0, 0.05) is 12.0 Å². The minimum absolute atomic E-state index is 0.0655. The highest BCUT2D eigenvalue weighted by Gasteiger charge is 2.11. The van der Waals surface area contributed by atoms with Crippen LogP contribution in [0.2, 0.25) is 0 Å². The molecule has 0 unspecified atom stereocenters. The number of rotatable bonds is 4. The Kier molecular flexibility index (Phi) is 4.42. The SMILES string of the molecule is Cc1c(Cc2cccc3ccccc23)nc(Sc2cccs2)[nH]c1=O. The lowest BCUT2D eigenvalue weighted by Gasteiger charge is -2.09. The van der Waals surface area contributed by atoms with Crippen LogP contribution in [0.15, 0.2) is 74.1 Å². The number of nitrogens with zero attached hydrogens (tertiary/aromatic N) is 1. The van der Waals surface area contributed by atoms with Crippen LogP contribution in [0.4, 0.5) is 0 Å². The van der Waals surface area contributed by atoms with Crippen LogP contribution in [0.3, 0.4) is 0 Å². The molecule has 5 heteroatoms. The molecule has 0 aliphatic heterocycles. The van der Waals surface area contributed by atoms with Gasteiger partial charge in [-0.1, -0.05) is 48.5 Å². The number of fused-ring (bicyclic) bond motifs is 1. The number of aromatic amines is 1. The average Bonchev–Trinajstić information content (AvgIpc) is 3.12. The average molecular weight is 364 g/mol. The number of aromatic nitrogens is 2. The van der Waals surface area contributed by atoms with Gasteiger partial charge >= 0.3 is 0 Å². The van der Waals surface area contributed by atoms with Crippen LogP contribution in [0, 0.1) is 6.92 Å². The molecule has 124 valence electrons. The minimum atomic E-state index is -0.0655. The van der Waals surface area contributed by atoms with E-state index in [0.29, 0.717) is 17.1 Å². The molecule has 2 aromatic heterocycles.